The van der Waals surface area contributed by atoms with Crippen molar-refractivity contribution in [2.75, 3.05) is 11.5 Å². The van der Waals surface area contributed by atoms with Crippen molar-refractivity contribution in [3.05, 3.63) is 144 Å². The molecule has 0 heterocycles. The molecule has 6 nitrogen and oxygen atoms in total. The maximum absolute atomic E-state index is 13.0. The third-order valence-electron chi connectivity index (χ3n) is 5.83. The average Bonchev–Trinajstić information content (AvgIpc) is 2.93. The number of ketones is 2. The van der Waals surface area contributed by atoms with E-state index in [1.54, 1.807) is 97.1 Å². The van der Waals surface area contributed by atoms with Gasteiger partial charge < -0.3 is 20.9 Å². The summed E-state index contributed by atoms with van der Waals surface area (Å²) in [6, 6.07) is 34.6. The van der Waals surface area contributed by atoms with E-state index in [0.29, 0.717) is 56.6 Å². The summed E-state index contributed by atoms with van der Waals surface area (Å²) < 4.78 is 11.6. The molecule has 5 aromatic carbocycles. The van der Waals surface area contributed by atoms with Crippen LogP contribution < -0.4 is 20.9 Å². The number of hydrogen-bond acceptors (Lipinski definition) is 6. The molecular weight excluding hydrogens is 476 g/mol. The van der Waals surface area contributed by atoms with Gasteiger partial charge in [-0.1, -0.05) is 36.4 Å². The van der Waals surface area contributed by atoms with Gasteiger partial charge in [-0.05, 0) is 72.8 Å². The van der Waals surface area contributed by atoms with Crippen LogP contribution in [0.4, 0.5) is 11.4 Å². The van der Waals surface area contributed by atoms with Crippen molar-refractivity contribution in [1.29, 1.82) is 0 Å². The second-order valence-electron chi connectivity index (χ2n) is 8.63. The largest absolute Gasteiger partial charge is 0.457 e. The van der Waals surface area contributed by atoms with Gasteiger partial charge in [0.05, 0.1) is 0 Å². The van der Waals surface area contributed by atoms with Crippen LogP contribution in [0.2, 0.25) is 0 Å². The minimum absolute atomic E-state index is 0.150. The number of benzene rings is 5. The van der Waals surface area contributed by atoms with Crippen molar-refractivity contribution in [3.63, 3.8) is 0 Å². The summed E-state index contributed by atoms with van der Waals surface area (Å²) in [7, 11) is 0. The lowest BCUT2D eigenvalue weighted by atomic mass is 9.98. The van der Waals surface area contributed by atoms with Gasteiger partial charge in [0, 0.05) is 45.8 Å². The Labute approximate surface area is 220 Å². The number of nitrogens with two attached hydrogens (primary N) is 2. The third kappa shape index (κ3) is 5.71. The Morgan fingerprint density at radius 1 is 0.421 bits per heavy atom. The van der Waals surface area contributed by atoms with Gasteiger partial charge in [0.25, 0.3) is 0 Å². The Morgan fingerprint density at radius 3 is 1.05 bits per heavy atom. The van der Waals surface area contributed by atoms with Gasteiger partial charge in [0.2, 0.25) is 0 Å². The zero-order valence-corrected chi connectivity index (χ0v) is 20.3. The van der Waals surface area contributed by atoms with E-state index in [-0.39, 0.29) is 11.6 Å². The zero-order valence-electron chi connectivity index (χ0n) is 20.3. The highest BCUT2D eigenvalue weighted by Gasteiger charge is 2.13. The van der Waals surface area contributed by atoms with Crippen LogP contribution in [0.5, 0.6) is 23.0 Å². The normalized spacial score (nSPS) is 10.5. The highest BCUT2D eigenvalue weighted by molar-refractivity contribution is 6.11. The number of ether oxygens (including phenoxy) is 2. The summed E-state index contributed by atoms with van der Waals surface area (Å²) in [5.41, 5.74) is 14.8. The van der Waals surface area contributed by atoms with Crippen LogP contribution in [0.15, 0.2) is 121 Å². The molecule has 0 aliphatic carbocycles. The summed E-state index contributed by atoms with van der Waals surface area (Å²) in [4.78, 5) is 25.9. The van der Waals surface area contributed by atoms with Crippen LogP contribution in [-0.4, -0.2) is 11.6 Å². The second-order valence-corrected chi connectivity index (χ2v) is 8.63. The Hall–Kier alpha value is -5.36. The van der Waals surface area contributed by atoms with E-state index >= 15 is 0 Å². The Morgan fingerprint density at radius 2 is 0.737 bits per heavy atom. The van der Waals surface area contributed by atoms with E-state index in [4.69, 9.17) is 20.9 Å². The first-order valence-electron chi connectivity index (χ1n) is 11.9. The van der Waals surface area contributed by atoms with E-state index in [0.717, 1.165) is 0 Å². The maximum Gasteiger partial charge on any atom is 0.193 e. The molecule has 0 bridgehead atoms. The summed E-state index contributed by atoms with van der Waals surface area (Å²) in [6.45, 7) is 0. The number of rotatable bonds is 8. The van der Waals surface area contributed by atoms with Gasteiger partial charge in [-0.3, -0.25) is 9.59 Å². The second kappa shape index (κ2) is 10.7. The summed E-state index contributed by atoms with van der Waals surface area (Å²) >= 11 is 0. The molecule has 186 valence electrons. The lowest BCUT2D eigenvalue weighted by Crippen LogP contribution is -2.04. The van der Waals surface area contributed by atoms with Crippen molar-refractivity contribution in [1.82, 2.24) is 0 Å². The number of carbonyl (C=O) groups is 2. The van der Waals surface area contributed by atoms with E-state index in [9.17, 15) is 9.59 Å². The van der Waals surface area contributed by atoms with E-state index in [1.807, 2.05) is 24.3 Å². The lowest BCUT2D eigenvalue weighted by Gasteiger charge is -2.08. The molecule has 0 aliphatic heterocycles. The molecule has 5 aromatic rings. The first kappa shape index (κ1) is 24.3. The van der Waals surface area contributed by atoms with Crippen LogP contribution in [0.3, 0.4) is 0 Å². The molecule has 6 heteroatoms. The fourth-order valence-corrected chi connectivity index (χ4v) is 3.88. The van der Waals surface area contributed by atoms with Crippen LogP contribution >= 0.6 is 0 Å². The SMILES string of the molecule is Nc1cccc(Oc2ccc(C(=O)c3ccc(C(=O)c4ccc(Oc5cccc(N)c5)cc4)cc3)cc2)c1. The molecule has 38 heavy (non-hydrogen) atoms. The predicted octanol–water partition coefficient (Wildman–Crippen LogP) is 6.90. The maximum atomic E-state index is 13.0. The highest BCUT2D eigenvalue weighted by atomic mass is 16.5. The van der Waals surface area contributed by atoms with Crippen molar-refractivity contribution in [2.45, 2.75) is 0 Å². The van der Waals surface area contributed by atoms with Gasteiger partial charge in [0.1, 0.15) is 23.0 Å². The number of anilines is 2. The Bertz CT molecular complexity index is 1470. The lowest BCUT2D eigenvalue weighted by molar-refractivity contribution is 0.102. The summed E-state index contributed by atoms with van der Waals surface area (Å²) in [6.07, 6.45) is 0. The van der Waals surface area contributed by atoms with Crippen LogP contribution in [-0.2, 0) is 0 Å². The minimum atomic E-state index is -0.150. The molecule has 0 aliphatic rings. The van der Waals surface area contributed by atoms with Crippen LogP contribution in [0.25, 0.3) is 0 Å². The molecule has 0 aromatic heterocycles. The van der Waals surface area contributed by atoms with Crippen LogP contribution in [0, 0.1) is 0 Å². The Kier molecular flexibility index (Phi) is 6.87. The predicted molar refractivity (Wildman–Crippen MR) is 148 cm³/mol. The smallest absolute Gasteiger partial charge is 0.193 e. The Balaban J connectivity index is 1.23. The molecule has 4 N–H and O–H groups in total. The molecular formula is C32H24N2O4. The summed E-state index contributed by atoms with van der Waals surface area (Å²) in [5.74, 6) is 2.13. The van der Waals surface area contributed by atoms with Gasteiger partial charge in [-0.25, -0.2) is 0 Å². The van der Waals surface area contributed by atoms with Crippen molar-refractivity contribution in [3.8, 4) is 23.0 Å². The van der Waals surface area contributed by atoms with Crippen molar-refractivity contribution in [2.24, 2.45) is 0 Å². The molecule has 0 spiro atoms. The van der Waals surface area contributed by atoms with Gasteiger partial charge in [-0.15, -0.1) is 0 Å². The standard InChI is InChI=1S/C32H24N2O4/c33-25-3-1-5-29(19-25)37-27-15-11-23(12-16-27)31(35)21-7-9-22(10-8-21)32(36)24-13-17-28(18-14-24)38-30-6-2-4-26(34)20-30/h1-20H,33-34H2. The fraction of sp³-hybridized carbons (Fsp3) is 0. The molecule has 5 rings (SSSR count). The topological polar surface area (TPSA) is 105 Å². The van der Waals surface area contributed by atoms with E-state index in [2.05, 4.69) is 0 Å². The first-order valence-corrected chi connectivity index (χ1v) is 11.9. The molecule has 0 fully saturated rings. The van der Waals surface area contributed by atoms with Gasteiger partial charge in [-0.2, -0.15) is 0 Å². The van der Waals surface area contributed by atoms with E-state index in [1.165, 1.54) is 0 Å². The third-order valence-corrected chi connectivity index (χ3v) is 5.83. The first-order chi connectivity index (χ1) is 18.4. The molecule has 0 atom stereocenters. The van der Waals surface area contributed by atoms with Crippen molar-refractivity contribution >= 4 is 22.9 Å². The average molecular weight is 501 g/mol. The van der Waals surface area contributed by atoms with Gasteiger partial charge in [0.15, 0.2) is 11.6 Å². The number of hydrogen-bond donors (Lipinski definition) is 2. The number of nitrogen functional groups attached to an aromatic ring is 2. The molecule has 0 radical (unpaired) electrons. The quantitative estimate of drug-likeness (QED) is 0.177. The molecule has 0 unspecified atom stereocenters. The number of carbonyl (C=O) groups excluding carboxylic acids is 2. The van der Waals surface area contributed by atoms with Crippen molar-refractivity contribution < 1.29 is 19.1 Å². The summed E-state index contributed by atoms with van der Waals surface area (Å²) in [5, 5.41) is 0. The van der Waals surface area contributed by atoms with Gasteiger partial charge >= 0.3 is 0 Å². The van der Waals surface area contributed by atoms with Crippen LogP contribution in [0.1, 0.15) is 31.8 Å². The molecule has 0 saturated carbocycles. The molecule has 0 amide bonds. The monoisotopic (exact) mass is 500 g/mol. The minimum Gasteiger partial charge on any atom is -0.457 e. The fourth-order valence-electron chi connectivity index (χ4n) is 3.88. The molecule has 0 saturated heterocycles. The highest BCUT2D eigenvalue weighted by Crippen LogP contribution is 2.26. The zero-order chi connectivity index (χ0) is 26.5. The van der Waals surface area contributed by atoms with E-state index < -0.39 is 0 Å².